The summed E-state index contributed by atoms with van der Waals surface area (Å²) in [6.45, 7) is 0.0198. The Morgan fingerprint density at radius 1 is 0.967 bits per heavy atom. The first-order chi connectivity index (χ1) is 14.4. The molecule has 1 atom stereocenters. The monoisotopic (exact) mass is 402 g/mol. The van der Waals surface area contributed by atoms with Crippen molar-refractivity contribution in [3.05, 3.63) is 89.5 Å². The van der Waals surface area contributed by atoms with Crippen molar-refractivity contribution in [3.63, 3.8) is 0 Å². The van der Waals surface area contributed by atoms with E-state index in [2.05, 4.69) is 5.32 Å². The van der Waals surface area contributed by atoms with Crippen LogP contribution >= 0.6 is 0 Å². The standard InChI is InChI=1S/C24H22N2O4/c25-23(28)19-10-5-16(6-11-19)8-12-22(27)26-15-21(24(29)30)14-17-7-9-18-3-1-2-4-20(18)13-17/h1-13,21H,14-15H2,(H2,25,28)(H,26,27)(H,29,30)/b12-8+. The smallest absolute Gasteiger partial charge is 0.308 e. The van der Waals surface area contributed by atoms with E-state index in [1.165, 1.54) is 6.08 Å². The minimum Gasteiger partial charge on any atom is -0.481 e. The summed E-state index contributed by atoms with van der Waals surface area (Å²) in [6.07, 6.45) is 3.23. The van der Waals surface area contributed by atoms with E-state index >= 15 is 0 Å². The van der Waals surface area contributed by atoms with Crippen LogP contribution in [0.25, 0.3) is 16.8 Å². The Bertz CT molecular complexity index is 1100. The predicted molar refractivity (Wildman–Crippen MR) is 116 cm³/mol. The number of nitrogens with two attached hydrogens (primary N) is 1. The molecule has 3 aromatic carbocycles. The topological polar surface area (TPSA) is 109 Å². The third-order valence-electron chi connectivity index (χ3n) is 4.79. The number of aliphatic carboxylic acids is 1. The van der Waals surface area contributed by atoms with Gasteiger partial charge in [0.25, 0.3) is 0 Å². The molecule has 0 saturated heterocycles. The molecule has 1 unspecified atom stereocenters. The lowest BCUT2D eigenvalue weighted by Gasteiger charge is -2.13. The minimum atomic E-state index is -0.963. The molecular weight excluding hydrogens is 380 g/mol. The maximum absolute atomic E-state index is 12.1. The summed E-state index contributed by atoms with van der Waals surface area (Å²) < 4.78 is 0. The van der Waals surface area contributed by atoms with Gasteiger partial charge in [0.1, 0.15) is 0 Å². The number of primary amides is 1. The van der Waals surface area contributed by atoms with Crippen LogP contribution in [0.3, 0.4) is 0 Å². The van der Waals surface area contributed by atoms with E-state index in [1.807, 2.05) is 42.5 Å². The first-order valence-corrected chi connectivity index (χ1v) is 9.48. The molecule has 0 aliphatic heterocycles. The van der Waals surface area contributed by atoms with Crippen LogP contribution in [0.15, 0.2) is 72.8 Å². The van der Waals surface area contributed by atoms with Crippen LogP contribution < -0.4 is 11.1 Å². The molecular formula is C24H22N2O4. The molecule has 6 heteroatoms. The average Bonchev–Trinajstić information content (AvgIpc) is 2.75. The highest BCUT2D eigenvalue weighted by Crippen LogP contribution is 2.18. The van der Waals surface area contributed by atoms with E-state index in [0.29, 0.717) is 12.0 Å². The maximum Gasteiger partial charge on any atom is 0.308 e. The van der Waals surface area contributed by atoms with Gasteiger partial charge >= 0.3 is 5.97 Å². The number of hydrogen-bond donors (Lipinski definition) is 3. The fourth-order valence-electron chi connectivity index (χ4n) is 3.11. The lowest BCUT2D eigenvalue weighted by atomic mass is 9.97. The molecule has 0 aliphatic rings. The van der Waals surface area contributed by atoms with Crippen LogP contribution in [0.1, 0.15) is 21.5 Å². The van der Waals surface area contributed by atoms with Gasteiger partial charge in [-0.1, -0.05) is 54.6 Å². The highest BCUT2D eigenvalue weighted by molar-refractivity contribution is 5.94. The third-order valence-corrected chi connectivity index (χ3v) is 4.79. The van der Waals surface area contributed by atoms with Crippen LogP contribution in [0.4, 0.5) is 0 Å². The summed E-state index contributed by atoms with van der Waals surface area (Å²) in [4.78, 5) is 34.8. The van der Waals surface area contributed by atoms with Gasteiger partial charge < -0.3 is 16.2 Å². The molecule has 3 aromatic rings. The zero-order chi connectivity index (χ0) is 21.5. The molecule has 3 rings (SSSR count). The quantitative estimate of drug-likeness (QED) is 0.503. The van der Waals surface area contributed by atoms with Gasteiger partial charge in [0, 0.05) is 18.2 Å². The number of carbonyl (C=O) groups is 3. The van der Waals surface area contributed by atoms with Crippen molar-refractivity contribution in [1.29, 1.82) is 0 Å². The number of carbonyl (C=O) groups excluding carboxylic acids is 2. The Kier molecular flexibility index (Phi) is 6.60. The fourth-order valence-corrected chi connectivity index (χ4v) is 3.11. The molecule has 2 amide bonds. The van der Waals surface area contributed by atoms with E-state index in [-0.39, 0.29) is 6.54 Å². The van der Waals surface area contributed by atoms with Crippen LogP contribution in [-0.2, 0) is 16.0 Å². The molecule has 0 saturated carbocycles. The first-order valence-electron chi connectivity index (χ1n) is 9.48. The lowest BCUT2D eigenvalue weighted by molar-refractivity contribution is -0.141. The molecule has 4 N–H and O–H groups in total. The number of carboxylic acid groups (broad SMARTS) is 1. The van der Waals surface area contributed by atoms with E-state index in [4.69, 9.17) is 5.73 Å². The van der Waals surface area contributed by atoms with Crippen molar-refractivity contribution in [1.82, 2.24) is 5.32 Å². The van der Waals surface area contributed by atoms with Crippen molar-refractivity contribution >= 4 is 34.6 Å². The molecule has 152 valence electrons. The summed E-state index contributed by atoms with van der Waals surface area (Å²) in [7, 11) is 0. The van der Waals surface area contributed by atoms with E-state index < -0.39 is 23.7 Å². The van der Waals surface area contributed by atoms with Crippen molar-refractivity contribution in [2.75, 3.05) is 6.54 Å². The number of carboxylic acids is 1. The van der Waals surface area contributed by atoms with Crippen molar-refractivity contribution in [3.8, 4) is 0 Å². The van der Waals surface area contributed by atoms with E-state index in [0.717, 1.165) is 21.9 Å². The SMILES string of the molecule is NC(=O)c1ccc(/C=C/C(=O)NCC(Cc2ccc3ccccc3c2)C(=O)O)cc1. The lowest BCUT2D eigenvalue weighted by Crippen LogP contribution is -2.33. The molecule has 0 aliphatic carbocycles. The highest BCUT2D eigenvalue weighted by atomic mass is 16.4. The fraction of sp³-hybridized carbons (Fsp3) is 0.125. The Balaban J connectivity index is 1.58. The summed E-state index contributed by atoms with van der Waals surface area (Å²) in [5, 5.41) is 14.3. The van der Waals surface area contributed by atoms with Gasteiger partial charge in [0.15, 0.2) is 0 Å². The number of fused-ring (bicyclic) bond motifs is 1. The highest BCUT2D eigenvalue weighted by Gasteiger charge is 2.18. The third kappa shape index (κ3) is 5.54. The summed E-state index contributed by atoms with van der Waals surface area (Å²) in [5.74, 6) is -2.61. The van der Waals surface area contributed by atoms with Crippen molar-refractivity contribution in [2.24, 2.45) is 11.7 Å². The molecule has 0 bridgehead atoms. The second kappa shape index (κ2) is 9.52. The molecule has 30 heavy (non-hydrogen) atoms. The van der Waals surface area contributed by atoms with E-state index in [1.54, 1.807) is 30.3 Å². The Morgan fingerprint density at radius 3 is 2.33 bits per heavy atom. The molecule has 6 nitrogen and oxygen atoms in total. The summed E-state index contributed by atoms with van der Waals surface area (Å²) >= 11 is 0. The van der Waals surface area contributed by atoms with Crippen molar-refractivity contribution < 1.29 is 19.5 Å². The van der Waals surface area contributed by atoms with Gasteiger partial charge in [-0.05, 0) is 46.5 Å². The summed E-state index contributed by atoms with van der Waals surface area (Å²) in [5.41, 5.74) is 7.20. The number of rotatable bonds is 8. The molecule has 0 heterocycles. The number of benzene rings is 3. The Labute approximate surface area is 174 Å². The zero-order valence-electron chi connectivity index (χ0n) is 16.2. The minimum absolute atomic E-state index is 0.0198. The van der Waals surface area contributed by atoms with Crippen LogP contribution in [0.5, 0.6) is 0 Å². The number of hydrogen-bond acceptors (Lipinski definition) is 3. The van der Waals surface area contributed by atoms with E-state index in [9.17, 15) is 19.5 Å². The van der Waals surface area contributed by atoms with Gasteiger partial charge in [-0.25, -0.2) is 0 Å². The maximum atomic E-state index is 12.1. The first kappa shape index (κ1) is 20.8. The second-order valence-corrected chi connectivity index (χ2v) is 6.99. The van der Waals surface area contributed by atoms with Crippen LogP contribution in [0.2, 0.25) is 0 Å². The van der Waals surface area contributed by atoms with Gasteiger partial charge in [0.2, 0.25) is 11.8 Å². The van der Waals surface area contributed by atoms with Gasteiger partial charge in [-0.15, -0.1) is 0 Å². The number of amides is 2. The van der Waals surface area contributed by atoms with Crippen LogP contribution in [-0.4, -0.2) is 29.4 Å². The largest absolute Gasteiger partial charge is 0.481 e. The molecule has 0 spiro atoms. The predicted octanol–water partition coefficient (Wildman–Crippen LogP) is 3.01. The average molecular weight is 402 g/mol. The number of nitrogens with one attached hydrogen (secondary N) is 1. The molecule has 0 radical (unpaired) electrons. The van der Waals surface area contributed by atoms with Gasteiger partial charge in [-0.2, -0.15) is 0 Å². The molecule has 0 fully saturated rings. The van der Waals surface area contributed by atoms with Gasteiger partial charge in [0.05, 0.1) is 5.92 Å². The Hall–Kier alpha value is -3.93. The Morgan fingerprint density at radius 2 is 1.67 bits per heavy atom. The zero-order valence-corrected chi connectivity index (χ0v) is 16.2. The molecule has 0 aromatic heterocycles. The van der Waals surface area contributed by atoms with Crippen molar-refractivity contribution in [2.45, 2.75) is 6.42 Å². The normalized spacial score (nSPS) is 12.0. The second-order valence-electron chi connectivity index (χ2n) is 6.99. The summed E-state index contributed by atoms with van der Waals surface area (Å²) in [6, 6.07) is 20.2. The van der Waals surface area contributed by atoms with Crippen LogP contribution in [0, 0.1) is 5.92 Å². The van der Waals surface area contributed by atoms with Gasteiger partial charge in [-0.3, -0.25) is 14.4 Å².